The molecule has 0 bridgehead atoms. The highest BCUT2D eigenvalue weighted by Gasteiger charge is 2.34. The zero-order valence-electron chi connectivity index (χ0n) is 9.54. The number of hydrogen-bond acceptors (Lipinski definition) is 3. The maximum absolute atomic E-state index is 11.8. The number of rotatable bonds is 2. The molecule has 2 amide bonds. The van der Waals surface area contributed by atoms with E-state index in [2.05, 4.69) is 5.32 Å². The van der Waals surface area contributed by atoms with Crippen molar-refractivity contribution in [2.45, 2.75) is 38.8 Å². The Labute approximate surface area is 90.0 Å². The van der Waals surface area contributed by atoms with Gasteiger partial charge in [0.25, 0.3) is 0 Å². The van der Waals surface area contributed by atoms with Crippen molar-refractivity contribution >= 4 is 11.8 Å². The molecule has 0 radical (unpaired) electrons. The molecule has 0 spiro atoms. The highest BCUT2D eigenvalue weighted by atomic mass is 16.2. The Morgan fingerprint density at radius 3 is 2.73 bits per heavy atom. The Hall–Kier alpha value is -1.10. The molecule has 1 heterocycles. The molecule has 0 aromatic carbocycles. The fraction of sp³-hybridized carbons (Fsp3) is 0.800. The van der Waals surface area contributed by atoms with Crippen molar-refractivity contribution in [1.29, 1.82) is 0 Å². The van der Waals surface area contributed by atoms with Gasteiger partial charge >= 0.3 is 0 Å². The molecule has 1 aliphatic rings. The number of nitrogens with one attached hydrogen (secondary N) is 1. The van der Waals surface area contributed by atoms with Gasteiger partial charge in [-0.3, -0.25) is 9.59 Å². The van der Waals surface area contributed by atoms with E-state index in [0.717, 1.165) is 0 Å². The topological polar surface area (TPSA) is 75.4 Å². The van der Waals surface area contributed by atoms with Crippen LogP contribution in [0.5, 0.6) is 0 Å². The van der Waals surface area contributed by atoms with E-state index in [9.17, 15) is 9.59 Å². The minimum atomic E-state index is -0.494. The third-order valence-corrected chi connectivity index (χ3v) is 2.47. The third-order valence-electron chi connectivity index (χ3n) is 2.47. The standard InChI is InChI=1S/C10H19N3O2/c1-4-7(11)9(15)13-5-8(14)12-10(2,3)6-13/h7H,4-6,11H2,1-3H3,(H,12,14)/t7-/m0/s1. The molecule has 0 aromatic heterocycles. The predicted molar refractivity (Wildman–Crippen MR) is 57.1 cm³/mol. The number of hydrogen-bond donors (Lipinski definition) is 2. The summed E-state index contributed by atoms with van der Waals surface area (Å²) in [6, 6.07) is -0.494. The lowest BCUT2D eigenvalue weighted by molar-refractivity contribution is -0.142. The highest BCUT2D eigenvalue weighted by molar-refractivity contribution is 5.88. The van der Waals surface area contributed by atoms with Crippen LogP contribution in [-0.2, 0) is 9.59 Å². The average molecular weight is 213 g/mol. The quantitative estimate of drug-likeness (QED) is 0.647. The molecule has 1 saturated heterocycles. The number of piperazine rings is 1. The van der Waals surface area contributed by atoms with Crippen LogP contribution in [0.2, 0.25) is 0 Å². The van der Waals surface area contributed by atoms with Gasteiger partial charge in [-0.2, -0.15) is 0 Å². The molecule has 0 saturated carbocycles. The largest absolute Gasteiger partial charge is 0.348 e. The van der Waals surface area contributed by atoms with Gasteiger partial charge in [0, 0.05) is 6.54 Å². The third kappa shape index (κ3) is 2.92. The Bertz CT molecular complexity index is 276. The summed E-state index contributed by atoms with van der Waals surface area (Å²) in [6.07, 6.45) is 0.595. The Balaban J connectivity index is 2.70. The van der Waals surface area contributed by atoms with Gasteiger partial charge in [0.1, 0.15) is 0 Å². The lowest BCUT2D eigenvalue weighted by atomic mass is 10.0. The molecular formula is C10H19N3O2. The van der Waals surface area contributed by atoms with Gasteiger partial charge in [0.2, 0.25) is 11.8 Å². The van der Waals surface area contributed by atoms with E-state index in [1.807, 2.05) is 20.8 Å². The first-order valence-corrected chi connectivity index (χ1v) is 5.21. The first-order valence-electron chi connectivity index (χ1n) is 5.21. The van der Waals surface area contributed by atoms with Crippen LogP contribution in [0.15, 0.2) is 0 Å². The van der Waals surface area contributed by atoms with Crippen molar-refractivity contribution in [2.75, 3.05) is 13.1 Å². The molecule has 0 aromatic rings. The molecule has 1 rings (SSSR count). The van der Waals surface area contributed by atoms with Crippen molar-refractivity contribution in [1.82, 2.24) is 10.2 Å². The summed E-state index contributed by atoms with van der Waals surface area (Å²) in [4.78, 5) is 24.7. The Kier molecular flexibility index (Phi) is 3.34. The molecule has 5 heteroatoms. The van der Waals surface area contributed by atoms with Crippen molar-refractivity contribution in [3.63, 3.8) is 0 Å². The monoisotopic (exact) mass is 213 g/mol. The number of nitrogens with two attached hydrogens (primary N) is 1. The summed E-state index contributed by atoms with van der Waals surface area (Å²) in [5.74, 6) is -0.261. The molecule has 1 fully saturated rings. The summed E-state index contributed by atoms with van der Waals surface area (Å²) in [5.41, 5.74) is 5.30. The van der Waals surface area contributed by atoms with Crippen molar-refractivity contribution in [2.24, 2.45) is 5.73 Å². The van der Waals surface area contributed by atoms with Crippen LogP contribution >= 0.6 is 0 Å². The Morgan fingerprint density at radius 1 is 1.67 bits per heavy atom. The van der Waals surface area contributed by atoms with E-state index < -0.39 is 6.04 Å². The first kappa shape index (κ1) is 12.0. The number of nitrogens with zero attached hydrogens (tertiary/aromatic N) is 1. The number of carbonyl (C=O) groups is 2. The van der Waals surface area contributed by atoms with Gasteiger partial charge in [-0.05, 0) is 20.3 Å². The minimum absolute atomic E-state index is 0.121. The van der Waals surface area contributed by atoms with Crippen LogP contribution in [0.3, 0.4) is 0 Å². The second kappa shape index (κ2) is 4.18. The molecule has 1 atom stereocenters. The molecule has 15 heavy (non-hydrogen) atoms. The van der Waals surface area contributed by atoms with E-state index in [1.165, 1.54) is 4.90 Å². The first-order chi connectivity index (χ1) is 6.85. The summed E-state index contributed by atoms with van der Waals surface area (Å²) in [6.45, 7) is 6.28. The van der Waals surface area contributed by atoms with E-state index in [0.29, 0.717) is 13.0 Å². The van der Waals surface area contributed by atoms with Gasteiger partial charge in [-0.25, -0.2) is 0 Å². The maximum atomic E-state index is 11.8. The smallest absolute Gasteiger partial charge is 0.240 e. The number of amides is 2. The highest BCUT2D eigenvalue weighted by Crippen LogP contribution is 2.12. The SMILES string of the molecule is CC[C@H](N)C(=O)N1CC(=O)NC(C)(C)C1. The second-order valence-corrected chi connectivity index (χ2v) is 4.64. The van der Waals surface area contributed by atoms with Crippen LogP contribution < -0.4 is 11.1 Å². The molecule has 86 valence electrons. The molecular weight excluding hydrogens is 194 g/mol. The van der Waals surface area contributed by atoms with Gasteiger partial charge in [-0.15, -0.1) is 0 Å². The lowest BCUT2D eigenvalue weighted by Gasteiger charge is -2.39. The van der Waals surface area contributed by atoms with Crippen LogP contribution in [0, 0.1) is 0 Å². The van der Waals surface area contributed by atoms with E-state index >= 15 is 0 Å². The van der Waals surface area contributed by atoms with E-state index in [4.69, 9.17) is 5.73 Å². The average Bonchev–Trinajstić information content (AvgIpc) is 2.12. The molecule has 0 unspecified atom stereocenters. The summed E-state index contributed by atoms with van der Waals surface area (Å²) >= 11 is 0. The van der Waals surface area contributed by atoms with E-state index in [1.54, 1.807) is 0 Å². The van der Waals surface area contributed by atoms with Crippen LogP contribution in [-0.4, -0.2) is 41.4 Å². The Morgan fingerprint density at radius 2 is 2.27 bits per heavy atom. The molecule has 1 aliphatic heterocycles. The van der Waals surface area contributed by atoms with Crippen LogP contribution in [0.25, 0.3) is 0 Å². The fourth-order valence-corrected chi connectivity index (χ4v) is 1.73. The fourth-order valence-electron chi connectivity index (χ4n) is 1.73. The van der Waals surface area contributed by atoms with Crippen molar-refractivity contribution < 1.29 is 9.59 Å². The van der Waals surface area contributed by atoms with Crippen LogP contribution in [0.4, 0.5) is 0 Å². The number of carbonyl (C=O) groups excluding carboxylic acids is 2. The van der Waals surface area contributed by atoms with Crippen molar-refractivity contribution in [3.8, 4) is 0 Å². The maximum Gasteiger partial charge on any atom is 0.240 e. The van der Waals surface area contributed by atoms with Gasteiger partial charge in [0.15, 0.2) is 0 Å². The summed E-state index contributed by atoms with van der Waals surface area (Å²) in [5, 5.41) is 2.82. The second-order valence-electron chi connectivity index (χ2n) is 4.64. The zero-order valence-corrected chi connectivity index (χ0v) is 9.54. The van der Waals surface area contributed by atoms with Gasteiger partial charge < -0.3 is 16.0 Å². The van der Waals surface area contributed by atoms with Gasteiger partial charge in [-0.1, -0.05) is 6.92 Å². The van der Waals surface area contributed by atoms with E-state index in [-0.39, 0.29) is 23.9 Å². The minimum Gasteiger partial charge on any atom is -0.348 e. The zero-order chi connectivity index (χ0) is 11.6. The van der Waals surface area contributed by atoms with Crippen LogP contribution in [0.1, 0.15) is 27.2 Å². The summed E-state index contributed by atoms with van der Waals surface area (Å²) in [7, 11) is 0. The predicted octanol–water partition coefficient (Wildman–Crippen LogP) is -0.539. The molecule has 3 N–H and O–H groups in total. The molecule has 0 aliphatic carbocycles. The summed E-state index contributed by atoms with van der Waals surface area (Å²) < 4.78 is 0. The molecule has 5 nitrogen and oxygen atoms in total. The lowest BCUT2D eigenvalue weighted by Crippen LogP contribution is -2.63. The normalized spacial score (nSPS) is 22.1. The van der Waals surface area contributed by atoms with Gasteiger partial charge in [0.05, 0.1) is 18.1 Å². The van der Waals surface area contributed by atoms with Crippen molar-refractivity contribution in [3.05, 3.63) is 0 Å².